The second-order valence-corrected chi connectivity index (χ2v) is 3.42. The standard InChI is InChI=1S/C9H11BrO2/c1-7-5-9(10)4-3-8(7)6-12-11-2/h3-5H,6H2,1-2H3. The summed E-state index contributed by atoms with van der Waals surface area (Å²) in [7, 11) is 1.51. The lowest BCUT2D eigenvalue weighted by Gasteiger charge is -2.04. The van der Waals surface area contributed by atoms with Crippen LogP contribution in [0.3, 0.4) is 0 Å². The van der Waals surface area contributed by atoms with Crippen molar-refractivity contribution in [1.82, 2.24) is 0 Å². The molecule has 3 heteroatoms. The summed E-state index contributed by atoms with van der Waals surface area (Å²) in [6.45, 7) is 2.54. The molecule has 1 aromatic rings. The summed E-state index contributed by atoms with van der Waals surface area (Å²) in [6, 6.07) is 6.05. The van der Waals surface area contributed by atoms with Crippen LogP contribution in [0, 0.1) is 6.92 Å². The molecule has 0 unspecified atom stereocenters. The van der Waals surface area contributed by atoms with Crippen molar-refractivity contribution in [2.75, 3.05) is 7.11 Å². The smallest absolute Gasteiger partial charge is 0.108 e. The zero-order valence-corrected chi connectivity index (χ0v) is 8.72. The van der Waals surface area contributed by atoms with Gasteiger partial charge in [-0.05, 0) is 30.2 Å². The average Bonchev–Trinajstić information content (AvgIpc) is 2.03. The van der Waals surface area contributed by atoms with Gasteiger partial charge in [0.25, 0.3) is 0 Å². The highest BCUT2D eigenvalue weighted by Crippen LogP contribution is 2.16. The van der Waals surface area contributed by atoms with E-state index in [1.807, 2.05) is 25.1 Å². The molecule has 0 fully saturated rings. The van der Waals surface area contributed by atoms with Gasteiger partial charge >= 0.3 is 0 Å². The summed E-state index contributed by atoms with van der Waals surface area (Å²) in [5.41, 5.74) is 2.33. The summed E-state index contributed by atoms with van der Waals surface area (Å²) in [5, 5.41) is 0. The van der Waals surface area contributed by atoms with Gasteiger partial charge in [0, 0.05) is 4.47 Å². The first kappa shape index (κ1) is 9.71. The molecule has 0 aromatic heterocycles. The molecule has 0 radical (unpaired) electrons. The third-order valence-electron chi connectivity index (χ3n) is 1.64. The first-order valence-corrected chi connectivity index (χ1v) is 4.44. The van der Waals surface area contributed by atoms with Crippen LogP contribution >= 0.6 is 15.9 Å². The van der Waals surface area contributed by atoms with Gasteiger partial charge in [0.15, 0.2) is 0 Å². The largest absolute Gasteiger partial charge is 0.240 e. The van der Waals surface area contributed by atoms with E-state index in [1.54, 1.807) is 0 Å². The molecule has 12 heavy (non-hydrogen) atoms. The second kappa shape index (κ2) is 4.60. The van der Waals surface area contributed by atoms with E-state index in [1.165, 1.54) is 12.7 Å². The van der Waals surface area contributed by atoms with E-state index in [0.29, 0.717) is 6.61 Å². The van der Waals surface area contributed by atoms with Crippen molar-refractivity contribution in [3.8, 4) is 0 Å². The quantitative estimate of drug-likeness (QED) is 0.588. The molecule has 0 aliphatic rings. The minimum absolute atomic E-state index is 0.496. The Morgan fingerprint density at radius 3 is 2.75 bits per heavy atom. The number of aryl methyl sites for hydroxylation is 1. The van der Waals surface area contributed by atoms with Crippen molar-refractivity contribution < 1.29 is 9.78 Å². The predicted octanol–water partition coefficient (Wildman–Crippen LogP) is 2.84. The van der Waals surface area contributed by atoms with E-state index in [-0.39, 0.29) is 0 Å². The summed E-state index contributed by atoms with van der Waals surface area (Å²) in [4.78, 5) is 9.34. The summed E-state index contributed by atoms with van der Waals surface area (Å²) in [5.74, 6) is 0. The van der Waals surface area contributed by atoms with Crippen molar-refractivity contribution in [2.24, 2.45) is 0 Å². The van der Waals surface area contributed by atoms with Crippen LogP contribution in [0.25, 0.3) is 0 Å². The highest BCUT2D eigenvalue weighted by molar-refractivity contribution is 9.10. The van der Waals surface area contributed by atoms with E-state index in [4.69, 9.17) is 4.89 Å². The zero-order chi connectivity index (χ0) is 8.97. The molecule has 0 bridgehead atoms. The molecular weight excluding hydrogens is 220 g/mol. The number of benzene rings is 1. The fraction of sp³-hybridized carbons (Fsp3) is 0.333. The monoisotopic (exact) mass is 230 g/mol. The molecule has 0 aliphatic heterocycles. The third kappa shape index (κ3) is 2.59. The Morgan fingerprint density at radius 2 is 2.17 bits per heavy atom. The SMILES string of the molecule is COOCc1ccc(Br)cc1C. The normalized spacial score (nSPS) is 10.2. The van der Waals surface area contributed by atoms with Gasteiger partial charge < -0.3 is 0 Å². The van der Waals surface area contributed by atoms with Crippen LogP contribution in [0.15, 0.2) is 22.7 Å². The molecule has 66 valence electrons. The van der Waals surface area contributed by atoms with Crippen LogP contribution in [-0.2, 0) is 16.4 Å². The Bertz CT molecular complexity index is 261. The molecular formula is C9H11BrO2. The lowest BCUT2D eigenvalue weighted by molar-refractivity contribution is -0.282. The highest BCUT2D eigenvalue weighted by Gasteiger charge is 1.98. The van der Waals surface area contributed by atoms with Gasteiger partial charge in [-0.15, -0.1) is 0 Å². The molecule has 0 saturated heterocycles. The number of rotatable bonds is 3. The highest BCUT2D eigenvalue weighted by atomic mass is 79.9. The van der Waals surface area contributed by atoms with Crippen molar-refractivity contribution in [1.29, 1.82) is 0 Å². The van der Waals surface area contributed by atoms with Crippen LogP contribution < -0.4 is 0 Å². The van der Waals surface area contributed by atoms with Crippen LogP contribution in [0.1, 0.15) is 11.1 Å². The minimum Gasteiger partial charge on any atom is -0.240 e. The maximum atomic E-state index is 4.82. The fourth-order valence-corrected chi connectivity index (χ4v) is 1.42. The Labute approximate surface area is 80.6 Å². The Balaban J connectivity index is 2.72. The molecule has 0 heterocycles. The first-order chi connectivity index (χ1) is 5.74. The minimum atomic E-state index is 0.496. The molecule has 0 spiro atoms. The van der Waals surface area contributed by atoms with Crippen LogP contribution in [0.2, 0.25) is 0 Å². The Kier molecular flexibility index (Phi) is 3.72. The zero-order valence-electron chi connectivity index (χ0n) is 7.13. The van der Waals surface area contributed by atoms with Gasteiger partial charge in [-0.25, -0.2) is 9.78 Å². The van der Waals surface area contributed by atoms with E-state index in [0.717, 1.165) is 10.0 Å². The van der Waals surface area contributed by atoms with E-state index in [9.17, 15) is 0 Å². The predicted molar refractivity (Wildman–Crippen MR) is 50.7 cm³/mol. The van der Waals surface area contributed by atoms with Crippen LogP contribution in [-0.4, -0.2) is 7.11 Å². The third-order valence-corrected chi connectivity index (χ3v) is 2.13. The second-order valence-electron chi connectivity index (χ2n) is 2.50. The molecule has 0 N–H and O–H groups in total. The van der Waals surface area contributed by atoms with Gasteiger partial charge in [0.05, 0.1) is 7.11 Å². The first-order valence-electron chi connectivity index (χ1n) is 3.64. The molecule has 0 atom stereocenters. The van der Waals surface area contributed by atoms with Crippen LogP contribution in [0.5, 0.6) is 0 Å². The maximum absolute atomic E-state index is 4.82. The summed E-state index contributed by atoms with van der Waals surface area (Å²) in [6.07, 6.45) is 0. The van der Waals surface area contributed by atoms with Crippen molar-refractivity contribution >= 4 is 15.9 Å². The number of halogens is 1. The van der Waals surface area contributed by atoms with Gasteiger partial charge in [0.2, 0.25) is 0 Å². The van der Waals surface area contributed by atoms with Crippen molar-refractivity contribution in [2.45, 2.75) is 13.5 Å². The lowest BCUT2D eigenvalue weighted by atomic mass is 10.1. The summed E-state index contributed by atoms with van der Waals surface area (Å²) >= 11 is 3.39. The van der Waals surface area contributed by atoms with Gasteiger partial charge in [-0.3, -0.25) is 0 Å². The van der Waals surface area contributed by atoms with Gasteiger partial charge in [-0.2, -0.15) is 0 Å². The Hall–Kier alpha value is -0.380. The Morgan fingerprint density at radius 1 is 1.42 bits per heavy atom. The molecule has 1 rings (SSSR count). The molecule has 0 aliphatic carbocycles. The van der Waals surface area contributed by atoms with E-state index < -0.39 is 0 Å². The van der Waals surface area contributed by atoms with E-state index in [2.05, 4.69) is 20.8 Å². The average molecular weight is 231 g/mol. The lowest BCUT2D eigenvalue weighted by Crippen LogP contribution is -1.93. The molecule has 0 saturated carbocycles. The van der Waals surface area contributed by atoms with Crippen molar-refractivity contribution in [3.05, 3.63) is 33.8 Å². The number of hydrogen-bond acceptors (Lipinski definition) is 2. The molecule has 1 aromatic carbocycles. The van der Waals surface area contributed by atoms with E-state index >= 15 is 0 Å². The number of hydrogen-bond donors (Lipinski definition) is 0. The topological polar surface area (TPSA) is 18.5 Å². The summed E-state index contributed by atoms with van der Waals surface area (Å²) < 4.78 is 1.08. The van der Waals surface area contributed by atoms with Gasteiger partial charge in [0.1, 0.15) is 6.61 Å². The molecule has 0 amide bonds. The van der Waals surface area contributed by atoms with Gasteiger partial charge in [-0.1, -0.05) is 22.0 Å². The maximum Gasteiger partial charge on any atom is 0.108 e. The fourth-order valence-electron chi connectivity index (χ4n) is 0.944. The molecule has 2 nitrogen and oxygen atoms in total. The van der Waals surface area contributed by atoms with Crippen LogP contribution in [0.4, 0.5) is 0 Å². The van der Waals surface area contributed by atoms with Crippen molar-refractivity contribution in [3.63, 3.8) is 0 Å².